The van der Waals surface area contributed by atoms with Gasteiger partial charge in [-0.1, -0.05) is 6.07 Å². The van der Waals surface area contributed by atoms with Gasteiger partial charge in [0.2, 0.25) is 5.91 Å². The van der Waals surface area contributed by atoms with Crippen LogP contribution in [0.25, 0.3) is 0 Å². The van der Waals surface area contributed by atoms with Gasteiger partial charge in [-0.25, -0.2) is 4.39 Å². The number of carbonyl (C=O) groups excluding carboxylic acids is 1. The lowest BCUT2D eigenvalue weighted by Gasteiger charge is -2.27. The number of pyridine rings is 1. The molecule has 1 aromatic heterocycles. The van der Waals surface area contributed by atoms with Crippen molar-refractivity contribution in [3.05, 3.63) is 54.1 Å². The van der Waals surface area contributed by atoms with Gasteiger partial charge >= 0.3 is 0 Å². The molecule has 0 saturated heterocycles. The zero-order valence-electron chi connectivity index (χ0n) is 13.6. The number of carbonyl (C=O) groups is 1. The predicted molar refractivity (Wildman–Crippen MR) is 88.1 cm³/mol. The van der Waals surface area contributed by atoms with E-state index < -0.39 is 5.82 Å². The second kappa shape index (κ2) is 7.72. The third kappa shape index (κ3) is 4.28. The number of ether oxygens (including phenoxy) is 1. The lowest BCUT2D eigenvalue weighted by molar-refractivity contribution is -0.118. The Labute approximate surface area is 135 Å². The van der Waals surface area contributed by atoms with Crippen molar-refractivity contribution in [1.29, 1.82) is 0 Å². The molecule has 1 aromatic carbocycles. The second-order valence-corrected chi connectivity index (χ2v) is 5.50. The molecular weight excluding hydrogens is 295 g/mol. The summed E-state index contributed by atoms with van der Waals surface area (Å²) in [6.45, 7) is 3.81. The van der Waals surface area contributed by atoms with Crippen LogP contribution in [0.4, 0.5) is 10.1 Å². The standard InChI is InChI=1S/C18H21FN2O2/c1-13(2)21(15-8-9-17(23-3)16(19)12-15)18(22)10-7-14-6-4-5-11-20-14/h4-6,8-9,11-13H,7,10H2,1-3H3. The highest BCUT2D eigenvalue weighted by Gasteiger charge is 2.20. The first-order chi connectivity index (χ1) is 11.0. The zero-order valence-corrected chi connectivity index (χ0v) is 13.6. The number of amides is 1. The maximum atomic E-state index is 13.9. The summed E-state index contributed by atoms with van der Waals surface area (Å²) in [6.07, 6.45) is 2.59. The Kier molecular flexibility index (Phi) is 5.68. The lowest BCUT2D eigenvalue weighted by atomic mass is 10.1. The number of benzene rings is 1. The molecule has 0 aliphatic carbocycles. The van der Waals surface area contributed by atoms with Crippen molar-refractivity contribution >= 4 is 11.6 Å². The first-order valence-electron chi connectivity index (χ1n) is 7.58. The van der Waals surface area contributed by atoms with Crippen molar-refractivity contribution in [2.24, 2.45) is 0 Å². The number of aryl methyl sites for hydroxylation is 1. The van der Waals surface area contributed by atoms with E-state index in [9.17, 15) is 9.18 Å². The van der Waals surface area contributed by atoms with Gasteiger partial charge in [-0.3, -0.25) is 9.78 Å². The van der Waals surface area contributed by atoms with Gasteiger partial charge < -0.3 is 9.64 Å². The van der Waals surface area contributed by atoms with E-state index >= 15 is 0 Å². The fraction of sp³-hybridized carbons (Fsp3) is 0.333. The largest absolute Gasteiger partial charge is 0.494 e. The van der Waals surface area contributed by atoms with E-state index in [0.29, 0.717) is 18.5 Å². The molecule has 2 aromatic rings. The van der Waals surface area contributed by atoms with Crippen molar-refractivity contribution in [3.8, 4) is 5.75 Å². The SMILES string of the molecule is COc1ccc(N(C(=O)CCc2ccccn2)C(C)C)cc1F. The molecule has 122 valence electrons. The van der Waals surface area contributed by atoms with Gasteiger partial charge in [0.25, 0.3) is 0 Å². The van der Waals surface area contributed by atoms with Crippen LogP contribution in [0, 0.1) is 5.82 Å². The predicted octanol–water partition coefficient (Wildman–Crippen LogP) is 3.60. The fourth-order valence-corrected chi connectivity index (χ4v) is 2.44. The Balaban J connectivity index is 2.14. The number of hydrogen-bond donors (Lipinski definition) is 0. The van der Waals surface area contributed by atoms with Crippen molar-refractivity contribution in [2.45, 2.75) is 32.7 Å². The van der Waals surface area contributed by atoms with E-state index in [1.54, 1.807) is 17.2 Å². The third-order valence-electron chi connectivity index (χ3n) is 3.52. The summed E-state index contributed by atoms with van der Waals surface area (Å²) in [6, 6.07) is 10.1. The van der Waals surface area contributed by atoms with Crippen LogP contribution in [-0.2, 0) is 11.2 Å². The van der Waals surface area contributed by atoms with E-state index in [0.717, 1.165) is 5.69 Å². The fourth-order valence-electron chi connectivity index (χ4n) is 2.44. The van der Waals surface area contributed by atoms with Crippen LogP contribution in [-0.4, -0.2) is 24.0 Å². The molecule has 0 spiro atoms. The van der Waals surface area contributed by atoms with Crippen molar-refractivity contribution in [1.82, 2.24) is 4.98 Å². The Hall–Kier alpha value is -2.43. The monoisotopic (exact) mass is 316 g/mol. The first kappa shape index (κ1) is 16.9. The van der Waals surface area contributed by atoms with Gasteiger partial charge in [-0.2, -0.15) is 0 Å². The Morgan fingerprint density at radius 3 is 2.65 bits per heavy atom. The maximum absolute atomic E-state index is 13.9. The van der Waals surface area contributed by atoms with Crippen LogP contribution in [0.2, 0.25) is 0 Å². The number of methoxy groups -OCH3 is 1. The molecule has 0 bridgehead atoms. The molecule has 0 aliphatic heterocycles. The van der Waals surface area contributed by atoms with Gasteiger partial charge in [-0.05, 0) is 44.5 Å². The number of halogens is 1. The molecule has 0 radical (unpaired) electrons. The van der Waals surface area contributed by atoms with Crippen LogP contribution in [0.3, 0.4) is 0 Å². The minimum atomic E-state index is -0.479. The van der Waals surface area contributed by atoms with E-state index in [1.165, 1.54) is 19.2 Å². The molecule has 0 unspecified atom stereocenters. The Bertz CT molecular complexity index is 659. The quantitative estimate of drug-likeness (QED) is 0.817. The highest BCUT2D eigenvalue weighted by Crippen LogP contribution is 2.25. The molecule has 2 rings (SSSR count). The highest BCUT2D eigenvalue weighted by molar-refractivity contribution is 5.94. The van der Waals surface area contributed by atoms with Gasteiger partial charge in [0, 0.05) is 36.1 Å². The summed E-state index contributed by atoms with van der Waals surface area (Å²) in [5.41, 5.74) is 1.40. The molecule has 4 nitrogen and oxygen atoms in total. The lowest BCUT2D eigenvalue weighted by Crippen LogP contribution is -2.37. The Morgan fingerprint density at radius 2 is 2.09 bits per heavy atom. The van der Waals surface area contributed by atoms with Crippen LogP contribution in [0.15, 0.2) is 42.6 Å². The van der Waals surface area contributed by atoms with Gasteiger partial charge in [0.05, 0.1) is 7.11 Å². The molecule has 0 fully saturated rings. The number of nitrogens with zero attached hydrogens (tertiary/aromatic N) is 2. The second-order valence-electron chi connectivity index (χ2n) is 5.50. The summed E-state index contributed by atoms with van der Waals surface area (Å²) in [4.78, 5) is 18.4. The number of aromatic nitrogens is 1. The maximum Gasteiger partial charge on any atom is 0.227 e. The van der Waals surface area contributed by atoms with E-state index in [2.05, 4.69) is 4.98 Å². The summed E-state index contributed by atoms with van der Waals surface area (Å²) >= 11 is 0. The highest BCUT2D eigenvalue weighted by atomic mass is 19.1. The van der Waals surface area contributed by atoms with E-state index in [-0.39, 0.29) is 17.7 Å². The first-order valence-corrected chi connectivity index (χ1v) is 7.58. The third-order valence-corrected chi connectivity index (χ3v) is 3.52. The molecule has 1 heterocycles. The summed E-state index contributed by atoms with van der Waals surface area (Å²) in [5, 5.41) is 0. The van der Waals surface area contributed by atoms with E-state index in [4.69, 9.17) is 4.74 Å². The van der Waals surface area contributed by atoms with Crippen molar-refractivity contribution in [3.63, 3.8) is 0 Å². The topological polar surface area (TPSA) is 42.4 Å². The molecule has 23 heavy (non-hydrogen) atoms. The molecule has 5 heteroatoms. The molecule has 1 amide bonds. The van der Waals surface area contributed by atoms with E-state index in [1.807, 2.05) is 32.0 Å². The summed E-state index contributed by atoms with van der Waals surface area (Å²) < 4.78 is 18.8. The molecule has 0 aliphatic rings. The van der Waals surface area contributed by atoms with Crippen molar-refractivity contribution in [2.75, 3.05) is 12.0 Å². The smallest absolute Gasteiger partial charge is 0.227 e. The minimum Gasteiger partial charge on any atom is -0.494 e. The van der Waals surface area contributed by atoms with Crippen molar-refractivity contribution < 1.29 is 13.9 Å². The molecule has 0 saturated carbocycles. The number of anilines is 1. The van der Waals surface area contributed by atoms with Gasteiger partial charge in [-0.15, -0.1) is 0 Å². The normalized spacial score (nSPS) is 10.7. The zero-order chi connectivity index (χ0) is 16.8. The van der Waals surface area contributed by atoms with Crippen LogP contribution >= 0.6 is 0 Å². The van der Waals surface area contributed by atoms with Crippen LogP contribution < -0.4 is 9.64 Å². The summed E-state index contributed by atoms with van der Waals surface area (Å²) in [7, 11) is 1.41. The average Bonchev–Trinajstić information content (AvgIpc) is 2.54. The number of rotatable bonds is 6. The molecule has 0 atom stereocenters. The van der Waals surface area contributed by atoms with Crippen LogP contribution in [0.5, 0.6) is 5.75 Å². The molecule has 0 N–H and O–H groups in total. The molecular formula is C18H21FN2O2. The minimum absolute atomic E-state index is 0.0600. The van der Waals surface area contributed by atoms with Gasteiger partial charge in [0.15, 0.2) is 11.6 Å². The Morgan fingerprint density at radius 1 is 1.30 bits per heavy atom. The number of hydrogen-bond acceptors (Lipinski definition) is 3. The van der Waals surface area contributed by atoms with Crippen LogP contribution in [0.1, 0.15) is 26.0 Å². The van der Waals surface area contributed by atoms with Gasteiger partial charge in [0.1, 0.15) is 0 Å². The summed E-state index contributed by atoms with van der Waals surface area (Å²) in [5.74, 6) is -0.373. The average molecular weight is 316 g/mol.